The molecule has 0 radical (unpaired) electrons. The largest absolute Gasteiger partial charge is 0.386 e. The van der Waals surface area contributed by atoms with E-state index in [9.17, 15) is 4.39 Å². The van der Waals surface area contributed by atoms with E-state index in [0.717, 1.165) is 12.2 Å². The highest BCUT2D eigenvalue weighted by atomic mass is 19.1. The van der Waals surface area contributed by atoms with Gasteiger partial charge >= 0.3 is 0 Å². The third kappa shape index (κ3) is 1.87. The second-order valence-corrected chi connectivity index (χ2v) is 2.31. The van der Waals surface area contributed by atoms with Crippen molar-refractivity contribution in [3.05, 3.63) is 23.9 Å². The van der Waals surface area contributed by atoms with Crippen LogP contribution in [0.4, 0.5) is 4.39 Å². The molecule has 0 saturated carbocycles. The van der Waals surface area contributed by atoms with Gasteiger partial charge in [-0.3, -0.25) is 0 Å². The summed E-state index contributed by atoms with van der Waals surface area (Å²) in [6, 6.07) is 0. The van der Waals surface area contributed by atoms with Gasteiger partial charge in [0.25, 0.3) is 0 Å². The number of nitrogens with one attached hydrogen (secondary N) is 1. The van der Waals surface area contributed by atoms with Gasteiger partial charge < -0.3 is 5.32 Å². The molecule has 0 bridgehead atoms. The lowest BCUT2D eigenvalue weighted by atomic mass is 10.1. The van der Waals surface area contributed by atoms with Crippen LogP contribution in [0.2, 0.25) is 0 Å². The molecule has 0 aromatic carbocycles. The van der Waals surface area contributed by atoms with Crippen LogP contribution in [0, 0.1) is 0 Å². The van der Waals surface area contributed by atoms with Gasteiger partial charge in [-0.25, -0.2) is 4.39 Å². The van der Waals surface area contributed by atoms with Crippen LogP contribution in [-0.4, -0.2) is 12.7 Å². The highest BCUT2D eigenvalue weighted by Gasteiger charge is 2.05. The number of allylic oxidation sites excluding steroid dienone is 3. The van der Waals surface area contributed by atoms with Crippen molar-refractivity contribution in [1.29, 1.82) is 0 Å². The van der Waals surface area contributed by atoms with Crippen molar-refractivity contribution >= 4 is 0 Å². The first-order valence-corrected chi connectivity index (χ1v) is 3.59. The molecular weight excluding hydrogens is 129 g/mol. The topological polar surface area (TPSA) is 12.0 Å². The van der Waals surface area contributed by atoms with Crippen LogP contribution in [0.5, 0.6) is 0 Å². The molecule has 1 atom stereocenters. The summed E-state index contributed by atoms with van der Waals surface area (Å²) in [4.78, 5) is 0. The molecule has 1 aliphatic carbocycles. The average Bonchev–Trinajstić information content (AvgIpc) is 1.88. The third-order valence-electron chi connectivity index (χ3n) is 1.40. The Bertz CT molecular complexity index is 165. The SMILES string of the molecule is CCNC1=CC(F)CC=C1.[HH]. The van der Waals surface area contributed by atoms with E-state index in [1.54, 1.807) is 6.08 Å². The lowest BCUT2D eigenvalue weighted by molar-refractivity contribution is 0.398. The standard InChI is InChI=1S/C8H12FN.H2/c1-2-10-8-5-3-4-7(9)6-8;/h3,5-7,10H,2,4H2,1H3;1H. The Morgan fingerprint density at radius 2 is 2.70 bits per heavy atom. The van der Waals surface area contributed by atoms with Gasteiger partial charge in [0, 0.05) is 20.1 Å². The molecule has 0 aliphatic heterocycles. The molecule has 2 heteroatoms. The summed E-state index contributed by atoms with van der Waals surface area (Å²) in [5, 5.41) is 3.05. The van der Waals surface area contributed by atoms with Crippen LogP contribution in [0.25, 0.3) is 0 Å². The minimum absolute atomic E-state index is 0. The summed E-state index contributed by atoms with van der Waals surface area (Å²) >= 11 is 0. The van der Waals surface area contributed by atoms with E-state index in [1.165, 1.54) is 0 Å². The molecule has 10 heavy (non-hydrogen) atoms. The lowest BCUT2D eigenvalue weighted by Gasteiger charge is -2.10. The Labute approximate surface area is 62.1 Å². The Morgan fingerprint density at radius 3 is 3.30 bits per heavy atom. The zero-order valence-corrected chi connectivity index (χ0v) is 6.10. The highest BCUT2D eigenvalue weighted by molar-refractivity contribution is 5.22. The van der Waals surface area contributed by atoms with E-state index in [1.807, 2.05) is 19.1 Å². The predicted molar refractivity (Wildman–Crippen MR) is 42.5 cm³/mol. The monoisotopic (exact) mass is 143 g/mol. The Hall–Kier alpha value is -0.790. The molecule has 1 N–H and O–H groups in total. The average molecular weight is 143 g/mol. The van der Waals surface area contributed by atoms with Crippen LogP contribution in [0.15, 0.2) is 23.9 Å². The van der Waals surface area contributed by atoms with Gasteiger partial charge in [0.1, 0.15) is 6.17 Å². The summed E-state index contributed by atoms with van der Waals surface area (Å²) < 4.78 is 12.6. The third-order valence-corrected chi connectivity index (χ3v) is 1.40. The van der Waals surface area contributed by atoms with Gasteiger partial charge in [0.2, 0.25) is 0 Å². The van der Waals surface area contributed by atoms with Crippen molar-refractivity contribution in [2.75, 3.05) is 6.54 Å². The van der Waals surface area contributed by atoms with Gasteiger partial charge in [0.05, 0.1) is 0 Å². The predicted octanol–water partition coefficient (Wildman–Crippen LogP) is 2.02. The summed E-state index contributed by atoms with van der Waals surface area (Å²) in [5.74, 6) is 0. The minimum atomic E-state index is -0.793. The van der Waals surface area contributed by atoms with E-state index < -0.39 is 6.17 Å². The minimum Gasteiger partial charge on any atom is -0.386 e. The fraction of sp³-hybridized carbons (Fsp3) is 0.500. The molecule has 0 amide bonds. The zero-order valence-electron chi connectivity index (χ0n) is 6.10. The van der Waals surface area contributed by atoms with Gasteiger partial charge in [-0.1, -0.05) is 6.08 Å². The van der Waals surface area contributed by atoms with Crippen molar-refractivity contribution in [1.82, 2.24) is 5.32 Å². The summed E-state index contributed by atoms with van der Waals surface area (Å²) in [6.45, 7) is 2.85. The molecule has 0 spiro atoms. The Balaban J connectivity index is 0.000001000. The maximum atomic E-state index is 12.6. The van der Waals surface area contributed by atoms with Crippen LogP contribution < -0.4 is 5.32 Å². The molecule has 0 aromatic rings. The molecule has 0 saturated heterocycles. The fourth-order valence-corrected chi connectivity index (χ4v) is 0.965. The van der Waals surface area contributed by atoms with Crippen molar-refractivity contribution in [3.8, 4) is 0 Å². The van der Waals surface area contributed by atoms with Gasteiger partial charge in [-0.2, -0.15) is 0 Å². The first kappa shape index (κ1) is 7.32. The lowest BCUT2D eigenvalue weighted by Crippen LogP contribution is -2.14. The maximum absolute atomic E-state index is 12.6. The van der Waals surface area contributed by atoms with Crippen molar-refractivity contribution < 1.29 is 5.82 Å². The smallest absolute Gasteiger partial charge is 0.124 e. The number of halogens is 1. The van der Waals surface area contributed by atoms with Crippen LogP contribution in [-0.2, 0) is 0 Å². The highest BCUT2D eigenvalue weighted by Crippen LogP contribution is 2.10. The van der Waals surface area contributed by atoms with Crippen molar-refractivity contribution in [2.24, 2.45) is 0 Å². The zero-order chi connectivity index (χ0) is 7.40. The van der Waals surface area contributed by atoms with Crippen LogP contribution in [0.3, 0.4) is 0 Å². The molecular formula is C8H14FN. The van der Waals surface area contributed by atoms with Crippen molar-refractivity contribution in [2.45, 2.75) is 19.5 Å². The van der Waals surface area contributed by atoms with Gasteiger partial charge in [-0.05, 0) is 19.1 Å². The molecule has 1 aliphatic rings. The van der Waals surface area contributed by atoms with E-state index in [4.69, 9.17) is 0 Å². The second-order valence-electron chi connectivity index (χ2n) is 2.31. The number of alkyl halides is 1. The molecule has 0 fully saturated rings. The first-order valence-electron chi connectivity index (χ1n) is 3.59. The quantitative estimate of drug-likeness (QED) is 0.623. The molecule has 0 heterocycles. The van der Waals surface area contributed by atoms with Gasteiger partial charge in [-0.15, -0.1) is 0 Å². The summed E-state index contributed by atoms with van der Waals surface area (Å²) in [6.07, 6.45) is 5.11. The number of hydrogen-bond donors (Lipinski definition) is 1. The fourth-order valence-electron chi connectivity index (χ4n) is 0.965. The van der Waals surface area contributed by atoms with Crippen molar-refractivity contribution in [3.63, 3.8) is 0 Å². The van der Waals surface area contributed by atoms with E-state index in [2.05, 4.69) is 5.32 Å². The van der Waals surface area contributed by atoms with Crippen LogP contribution >= 0.6 is 0 Å². The number of rotatable bonds is 2. The maximum Gasteiger partial charge on any atom is 0.124 e. The van der Waals surface area contributed by atoms with E-state index in [0.29, 0.717) is 6.42 Å². The number of hydrogen-bond acceptors (Lipinski definition) is 1. The molecule has 0 aromatic heterocycles. The first-order chi connectivity index (χ1) is 4.83. The second kappa shape index (κ2) is 3.40. The van der Waals surface area contributed by atoms with Gasteiger partial charge in [0.15, 0.2) is 0 Å². The molecule has 58 valence electrons. The van der Waals surface area contributed by atoms with Crippen LogP contribution in [0.1, 0.15) is 14.8 Å². The Kier molecular flexibility index (Phi) is 2.49. The number of likely N-dealkylation sites (N-methyl/N-ethyl adjacent to an activating group) is 1. The Morgan fingerprint density at radius 1 is 1.90 bits per heavy atom. The normalized spacial score (nSPS) is 24.2. The van der Waals surface area contributed by atoms with E-state index >= 15 is 0 Å². The molecule has 1 nitrogen and oxygen atoms in total. The van der Waals surface area contributed by atoms with E-state index in [-0.39, 0.29) is 1.43 Å². The molecule has 1 rings (SSSR count). The molecule has 1 unspecified atom stereocenters. The summed E-state index contributed by atoms with van der Waals surface area (Å²) in [7, 11) is 0. The summed E-state index contributed by atoms with van der Waals surface area (Å²) in [5.41, 5.74) is 0.904.